The van der Waals surface area contributed by atoms with Gasteiger partial charge in [-0.2, -0.15) is 0 Å². The van der Waals surface area contributed by atoms with E-state index in [4.69, 9.17) is 0 Å². The highest BCUT2D eigenvalue weighted by Gasteiger charge is 2.36. The minimum absolute atomic E-state index is 1.01. The molecule has 1 nitrogen and oxygen atoms in total. The zero-order valence-electron chi connectivity index (χ0n) is 7.01. The largest absolute Gasteiger partial charge is 0.306 e. The van der Waals surface area contributed by atoms with Gasteiger partial charge in [-0.3, -0.25) is 0 Å². The molecule has 0 aromatic carbocycles. The number of hydrogen-bond acceptors (Lipinski definition) is 1. The molecule has 2 rings (SSSR count). The van der Waals surface area contributed by atoms with Crippen LogP contribution in [0.25, 0.3) is 0 Å². The maximum Gasteiger partial charge on any atom is 0.000938 e. The molecular weight excluding hydrogens is 122 g/mol. The van der Waals surface area contributed by atoms with Crippen molar-refractivity contribution in [2.45, 2.75) is 19.8 Å². The lowest BCUT2D eigenvalue weighted by Crippen LogP contribution is -2.33. The first-order chi connectivity index (χ1) is 4.75. The molecule has 2 unspecified atom stereocenters. The van der Waals surface area contributed by atoms with Crippen molar-refractivity contribution in [1.82, 2.24) is 4.90 Å². The summed E-state index contributed by atoms with van der Waals surface area (Å²) in [5.74, 6) is 3.08. The molecule has 2 aliphatic rings. The number of hydrogen-bond donors (Lipinski definition) is 0. The molecule has 1 heterocycles. The summed E-state index contributed by atoms with van der Waals surface area (Å²) in [6.45, 7) is 5.14. The highest BCUT2D eigenvalue weighted by molar-refractivity contribution is 4.88. The summed E-state index contributed by atoms with van der Waals surface area (Å²) >= 11 is 0. The van der Waals surface area contributed by atoms with Crippen LogP contribution in [0.2, 0.25) is 0 Å². The summed E-state index contributed by atoms with van der Waals surface area (Å²) in [5, 5.41) is 0. The van der Waals surface area contributed by atoms with E-state index in [0.717, 1.165) is 17.8 Å². The van der Waals surface area contributed by atoms with E-state index in [-0.39, 0.29) is 0 Å². The molecule has 0 spiro atoms. The molecule has 2 bridgehead atoms. The van der Waals surface area contributed by atoms with Crippen LogP contribution in [0.3, 0.4) is 0 Å². The van der Waals surface area contributed by atoms with Crippen molar-refractivity contribution in [3.8, 4) is 0 Å². The number of nitrogens with zero attached hydrogens (tertiary/aromatic N) is 1. The van der Waals surface area contributed by atoms with Gasteiger partial charge in [-0.1, -0.05) is 6.92 Å². The third-order valence-electron chi connectivity index (χ3n) is 3.26. The molecular formula is C9H17N. The lowest BCUT2D eigenvalue weighted by Gasteiger charge is -2.28. The van der Waals surface area contributed by atoms with Crippen LogP contribution in [0.1, 0.15) is 19.8 Å². The van der Waals surface area contributed by atoms with Crippen molar-refractivity contribution < 1.29 is 0 Å². The molecule has 1 aliphatic heterocycles. The van der Waals surface area contributed by atoms with Gasteiger partial charge in [0, 0.05) is 13.1 Å². The second kappa shape index (κ2) is 2.23. The average Bonchev–Trinajstić information content (AvgIpc) is 2.07. The van der Waals surface area contributed by atoms with E-state index in [0.29, 0.717) is 0 Å². The molecule has 0 aromatic rings. The molecule has 0 radical (unpaired) electrons. The quantitative estimate of drug-likeness (QED) is 0.492. The Labute approximate surface area is 63.4 Å². The van der Waals surface area contributed by atoms with Crippen LogP contribution >= 0.6 is 0 Å². The Morgan fingerprint density at radius 1 is 1.20 bits per heavy atom. The van der Waals surface area contributed by atoms with Gasteiger partial charge in [0.25, 0.3) is 0 Å². The number of rotatable bonds is 0. The Hall–Kier alpha value is -0.0400. The highest BCUT2D eigenvalue weighted by atomic mass is 15.1. The Morgan fingerprint density at radius 2 is 2.00 bits per heavy atom. The summed E-state index contributed by atoms with van der Waals surface area (Å²) in [7, 11) is 2.26. The summed E-state index contributed by atoms with van der Waals surface area (Å²) in [5.41, 5.74) is 0. The van der Waals surface area contributed by atoms with Crippen molar-refractivity contribution in [3.63, 3.8) is 0 Å². The van der Waals surface area contributed by atoms with Gasteiger partial charge >= 0.3 is 0 Å². The zero-order chi connectivity index (χ0) is 7.14. The fourth-order valence-corrected chi connectivity index (χ4v) is 2.79. The van der Waals surface area contributed by atoms with Gasteiger partial charge in [0.05, 0.1) is 0 Å². The second-order valence-corrected chi connectivity index (χ2v) is 4.30. The van der Waals surface area contributed by atoms with Crippen molar-refractivity contribution in [3.05, 3.63) is 0 Å². The molecule has 1 saturated carbocycles. The fraction of sp³-hybridized carbons (Fsp3) is 1.00. The Bertz CT molecular complexity index is 128. The van der Waals surface area contributed by atoms with Crippen molar-refractivity contribution >= 4 is 0 Å². The minimum atomic E-state index is 1.01. The minimum Gasteiger partial charge on any atom is -0.306 e. The molecule has 0 aromatic heterocycles. The zero-order valence-corrected chi connectivity index (χ0v) is 7.01. The maximum atomic E-state index is 2.50. The van der Waals surface area contributed by atoms with Gasteiger partial charge in [-0.15, -0.1) is 0 Å². The fourth-order valence-electron chi connectivity index (χ4n) is 2.79. The number of piperidine rings is 1. The second-order valence-electron chi connectivity index (χ2n) is 4.30. The molecule has 1 saturated heterocycles. The number of fused-ring (bicyclic) bond motifs is 2. The standard InChI is InChI=1S/C9H17N/c1-7-3-8-4-9(7)6-10(2)5-8/h7-9H,3-6H2,1-2H3/t7-,8?,9?/m1/s1. The Kier molecular flexibility index (Phi) is 1.48. The van der Waals surface area contributed by atoms with Crippen LogP contribution in [0.15, 0.2) is 0 Å². The highest BCUT2D eigenvalue weighted by Crippen LogP contribution is 2.39. The van der Waals surface area contributed by atoms with E-state index in [9.17, 15) is 0 Å². The molecule has 0 N–H and O–H groups in total. The normalized spacial score (nSPS) is 48.0. The molecule has 1 aliphatic carbocycles. The van der Waals surface area contributed by atoms with Crippen molar-refractivity contribution in [2.24, 2.45) is 17.8 Å². The van der Waals surface area contributed by atoms with E-state index in [2.05, 4.69) is 18.9 Å². The van der Waals surface area contributed by atoms with E-state index in [1.807, 2.05) is 0 Å². The maximum absolute atomic E-state index is 2.50. The number of likely N-dealkylation sites (tertiary alicyclic amines) is 1. The first kappa shape index (κ1) is 6.66. The third kappa shape index (κ3) is 0.968. The lowest BCUT2D eigenvalue weighted by atomic mass is 9.96. The van der Waals surface area contributed by atoms with Crippen LogP contribution in [0.5, 0.6) is 0 Å². The average molecular weight is 139 g/mol. The predicted octanol–water partition coefficient (Wildman–Crippen LogP) is 1.59. The lowest BCUT2D eigenvalue weighted by molar-refractivity contribution is 0.194. The summed E-state index contributed by atoms with van der Waals surface area (Å²) in [4.78, 5) is 2.50. The summed E-state index contributed by atoms with van der Waals surface area (Å²) < 4.78 is 0. The van der Waals surface area contributed by atoms with Crippen molar-refractivity contribution in [2.75, 3.05) is 20.1 Å². The first-order valence-electron chi connectivity index (χ1n) is 4.44. The van der Waals surface area contributed by atoms with Gasteiger partial charge in [0.2, 0.25) is 0 Å². The van der Waals surface area contributed by atoms with Crippen LogP contribution in [0.4, 0.5) is 0 Å². The van der Waals surface area contributed by atoms with Gasteiger partial charge in [0.1, 0.15) is 0 Å². The van der Waals surface area contributed by atoms with Crippen molar-refractivity contribution in [1.29, 1.82) is 0 Å². The van der Waals surface area contributed by atoms with Gasteiger partial charge in [0.15, 0.2) is 0 Å². The van der Waals surface area contributed by atoms with Crippen LogP contribution in [-0.4, -0.2) is 25.0 Å². The molecule has 0 amide bonds. The van der Waals surface area contributed by atoms with Crippen LogP contribution in [-0.2, 0) is 0 Å². The SMILES string of the molecule is C[C@@H]1CC2CC1CN(C)C2. The van der Waals surface area contributed by atoms with Gasteiger partial charge in [-0.25, -0.2) is 0 Å². The van der Waals surface area contributed by atoms with E-state index >= 15 is 0 Å². The molecule has 2 fully saturated rings. The van der Waals surface area contributed by atoms with Gasteiger partial charge < -0.3 is 4.90 Å². The van der Waals surface area contributed by atoms with E-state index in [1.165, 1.54) is 25.9 Å². The molecule has 1 heteroatoms. The topological polar surface area (TPSA) is 3.24 Å². The summed E-state index contributed by atoms with van der Waals surface area (Å²) in [6, 6.07) is 0. The molecule has 3 atom stereocenters. The smallest absolute Gasteiger partial charge is 0.000938 e. The Morgan fingerprint density at radius 3 is 2.70 bits per heavy atom. The van der Waals surface area contributed by atoms with Gasteiger partial charge in [-0.05, 0) is 37.6 Å². The van der Waals surface area contributed by atoms with Crippen LogP contribution in [0, 0.1) is 17.8 Å². The monoisotopic (exact) mass is 139 g/mol. The van der Waals surface area contributed by atoms with E-state index in [1.54, 1.807) is 0 Å². The van der Waals surface area contributed by atoms with E-state index < -0.39 is 0 Å². The van der Waals surface area contributed by atoms with Crippen LogP contribution < -0.4 is 0 Å². The summed E-state index contributed by atoms with van der Waals surface area (Å²) in [6.07, 6.45) is 3.01. The predicted molar refractivity (Wildman–Crippen MR) is 42.9 cm³/mol. The first-order valence-corrected chi connectivity index (χ1v) is 4.44. The molecule has 58 valence electrons. The Balaban J connectivity index is 2.06. The third-order valence-corrected chi connectivity index (χ3v) is 3.26. The molecule has 10 heavy (non-hydrogen) atoms.